The molecule has 0 spiro atoms. The van der Waals surface area contributed by atoms with Crippen LogP contribution < -0.4 is 0 Å². The predicted octanol–water partition coefficient (Wildman–Crippen LogP) is 1.23. The molecule has 17 heavy (non-hydrogen) atoms. The summed E-state index contributed by atoms with van der Waals surface area (Å²) in [5, 5.41) is -1.62. The van der Waals surface area contributed by atoms with Gasteiger partial charge in [-0.3, -0.25) is 9.59 Å². The van der Waals surface area contributed by atoms with Gasteiger partial charge in [0.1, 0.15) is 5.25 Å². The van der Waals surface area contributed by atoms with E-state index >= 15 is 0 Å². The predicted molar refractivity (Wildman–Crippen MR) is 61.6 cm³/mol. The summed E-state index contributed by atoms with van der Waals surface area (Å²) in [5.41, 5.74) is 0. The van der Waals surface area contributed by atoms with Crippen molar-refractivity contribution in [3.8, 4) is 0 Å². The molecule has 0 aliphatic rings. The molecule has 6 nitrogen and oxygen atoms in total. The molecule has 2 atom stereocenters. The fraction of sp³-hybridized carbons (Fsp3) is 0.700. The van der Waals surface area contributed by atoms with E-state index in [1.54, 1.807) is 6.92 Å². The van der Waals surface area contributed by atoms with E-state index in [0.717, 1.165) is 0 Å². The molecule has 0 rings (SSSR count). The van der Waals surface area contributed by atoms with Crippen LogP contribution in [-0.4, -0.2) is 43.3 Å². The van der Waals surface area contributed by atoms with Crippen LogP contribution in [0.4, 0.5) is 4.79 Å². The van der Waals surface area contributed by atoms with Crippen LogP contribution in [0.2, 0.25) is 0 Å². The normalized spacial score (nSPS) is 13.4. The number of carbonyl (C=O) groups is 3. The molecule has 0 radical (unpaired) electrons. The van der Waals surface area contributed by atoms with Gasteiger partial charge in [-0.05, 0) is 18.7 Å². The number of ether oxygens (including phenoxy) is 3. The van der Waals surface area contributed by atoms with Crippen LogP contribution in [0, 0.1) is 5.92 Å². The highest BCUT2D eigenvalue weighted by molar-refractivity contribution is 8.14. The third kappa shape index (κ3) is 5.08. The summed E-state index contributed by atoms with van der Waals surface area (Å²) < 4.78 is 13.8. The molecule has 0 unspecified atom stereocenters. The van der Waals surface area contributed by atoms with Crippen molar-refractivity contribution in [1.29, 1.82) is 0 Å². The zero-order chi connectivity index (χ0) is 13.4. The lowest BCUT2D eigenvalue weighted by Gasteiger charge is -2.18. The molecule has 0 N–H and O–H groups in total. The largest absolute Gasteiger partial charge is 0.469 e. The van der Waals surface area contributed by atoms with Gasteiger partial charge in [0.25, 0.3) is 0 Å². The number of hydrogen-bond donors (Lipinski definition) is 0. The van der Waals surface area contributed by atoms with E-state index in [1.165, 1.54) is 21.1 Å². The van der Waals surface area contributed by atoms with E-state index in [0.29, 0.717) is 11.8 Å². The molecule has 0 aromatic heterocycles. The van der Waals surface area contributed by atoms with Gasteiger partial charge in [-0.25, -0.2) is 4.79 Å². The Hall–Kier alpha value is -1.24. The van der Waals surface area contributed by atoms with Gasteiger partial charge in [0.05, 0.1) is 26.7 Å². The van der Waals surface area contributed by atoms with Gasteiger partial charge in [-0.1, -0.05) is 6.92 Å². The number of esters is 2. The maximum atomic E-state index is 11.6. The Bertz CT molecular complexity index is 291. The maximum absolute atomic E-state index is 11.6. The van der Waals surface area contributed by atoms with Gasteiger partial charge >= 0.3 is 17.2 Å². The molecule has 0 heterocycles. The van der Waals surface area contributed by atoms with Crippen LogP contribution in [0.1, 0.15) is 13.8 Å². The summed E-state index contributed by atoms with van der Waals surface area (Å²) in [6.45, 7) is 3.30. The van der Waals surface area contributed by atoms with E-state index in [9.17, 15) is 14.4 Å². The lowest BCUT2D eigenvalue weighted by Crippen LogP contribution is -2.33. The van der Waals surface area contributed by atoms with Crippen molar-refractivity contribution in [2.24, 2.45) is 5.92 Å². The van der Waals surface area contributed by atoms with E-state index in [-0.39, 0.29) is 6.61 Å². The van der Waals surface area contributed by atoms with Crippen molar-refractivity contribution in [3.63, 3.8) is 0 Å². The van der Waals surface area contributed by atoms with Crippen LogP contribution in [0.25, 0.3) is 0 Å². The minimum absolute atomic E-state index is 0.172. The average Bonchev–Trinajstić information content (AvgIpc) is 2.33. The van der Waals surface area contributed by atoms with Crippen molar-refractivity contribution in [2.45, 2.75) is 19.1 Å². The van der Waals surface area contributed by atoms with Gasteiger partial charge in [-0.2, -0.15) is 0 Å². The third-order valence-electron chi connectivity index (χ3n) is 1.94. The Balaban J connectivity index is 4.77. The fourth-order valence-corrected chi connectivity index (χ4v) is 1.82. The Morgan fingerprint density at radius 3 is 2.12 bits per heavy atom. The second kappa shape index (κ2) is 7.94. The molecule has 0 aromatic rings. The lowest BCUT2D eigenvalue weighted by molar-refractivity contribution is -0.151. The van der Waals surface area contributed by atoms with Gasteiger partial charge in [0, 0.05) is 0 Å². The Labute approximate surface area is 104 Å². The summed E-state index contributed by atoms with van der Waals surface area (Å²) in [6.07, 6.45) is 0. The van der Waals surface area contributed by atoms with Crippen LogP contribution in [-0.2, 0) is 23.8 Å². The summed E-state index contributed by atoms with van der Waals surface area (Å²) >= 11 is 0.608. The monoisotopic (exact) mass is 264 g/mol. The molecule has 98 valence electrons. The molecule has 7 heteroatoms. The SMILES string of the molecule is CCOC(=O)[C@H](SC(=O)OC)[C@H](C)C(=O)OC. The molecule has 0 amide bonds. The topological polar surface area (TPSA) is 78.9 Å². The van der Waals surface area contributed by atoms with Crippen molar-refractivity contribution >= 4 is 29.0 Å². The number of rotatable bonds is 5. The van der Waals surface area contributed by atoms with Gasteiger partial charge < -0.3 is 14.2 Å². The Kier molecular flexibility index (Phi) is 7.36. The molecule has 0 aromatic carbocycles. The summed E-state index contributed by atoms with van der Waals surface area (Å²) in [6, 6.07) is 0. The van der Waals surface area contributed by atoms with E-state index in [4.69, 9.17) is 4.74 Å². The first kappa shape index (κ1) is 15.8. The molecule has 0 aliphatic carbocycles. The molecule has 0 fully saturated rings. The van der Waals surface area contributed by atoms with Crippen molar-refractivity contribution < 1.29 is 28.6 Å². The average molecular weight is 264 g/mol. The minimum Gasteiger partial charge on any atom is -0.469 e. The molecule has 0 saturated carbocycles. The standard InChI is InChI=1S/C10H16O6S/c1-5-16-9(12)7(17-10(13)15-4)6(2)8(11)14-3/h6-7H,5H2,1-4H3/t6-,7+/m0/s1. The zero-order valence-electron chi connectivity index (χ0n) is 10.2. The van der Waals surface area contributed by atoms with E-state index in [2.05, 4.69) is 9.47 Å². The first-order chi connectivity index (χ1) is 7.97. The van der Waals surface area contributed by atoms with Crippen LogP contribution in [0.5, 0.6) is 0 Å². The summed E-state index contributed by atoms with van der Waals surface area (Å²) in [7, 11) is 2.41. The highest BCUT2D eigenvalue weighted by Crippen LogP contribution is 2.24. The second-order valence-electron chi connectivity index (χ2n) is 3.06. The van der Waals surface area contributed by atoms with Crippen LogP contribution in [0.15, 0.2) is 0 Å². The second-order valence-corrected chi connectivity index (χ2v) is 4.13. The number of thioether (sulfide) groups is 1. The van der Waals surface area contributed by atoms with E-state index in [1.807, 2.05) is 0 Å². The first-order valence-corrected chi connectivity index (χ1v) is 5.84. The quantitative estimate of drug-likeness (QED) is 0.545. The van der Waals surface area contributed by atoms with Crippen LogP contribution >= 0.6 is 11.8 Å². The molecule has 0 aliphatic heterocycles. The minimum atomic E-state index is -0.963. The highest BCUT2D eigenvalue weighted by Gasteiger charge is 2.35. The number of hydrogen-bond acceptors (Lipinski definition) is 7. The Morgan fingerprint density at radius 1 is 1.12 bits per heavy atom. The number of methoxy groups -OCH3 is 2. The maximum Gasteiger partial charge on any atom is 0.367 e. The first-order valence-electron chi connectivity index (χ1n) is 4.96. The zero-order valence-corrected chi connectivity index (χ0v) is 11.0. The van der Waals surface area contributed by atoms with Gasteiger partial charge in [-0.15, -0.1) is 0 Å². The van der Waals surface area contributed by atoms with Gasteiger partial charge in [0.2, 0.25) is 0 Å². The highest BCUT2D eigenvalue weighted by atomic mass is 32.2. The van der Waals surface area contributed by atoms with E-state index < -0.39 is 28.4 Å². The third-order valence-corrected chi connectivity index (χ3v) is 3.15. The van der Waals surface area contributed by atoms with Crippen molar-refractivity contribution in [2.75, 3.05) is 20.8 Å². The van der Waals surface area contributed by atoms with Gasteiger partial charge in [0.15, 0.2) is 0 Å². The lowest BCUT2D eigenvalue weighted by atomic mass is 10.1. The molecule has 0 saturated heterocycles. The van der Waals surface area contributed by atoms with Crippen molar-refractivity contribution in [1.82, 2.24) is 0 Å². The molecular weight excluding hydrogens is 248 g/mol. The summed E-state index contributed by atoms with van der Waals surface area (Å²) in [5.74, 6) is -2.01. The Morgan fingerprint density at radius 2 is 1.71 bits per heavy atom. The molecule has 0 bridgehead atoms. The fourth-order valence-electron chi connectivity index (χ4n) is 1.04. The van der Waals surface area contributed by atoms with Crippen LogP contribution in [0.3, 0.4) is 0 Å². The molecular formula is C10H16O6S. The smallest absolute Gasteiger partial charge is 0.367 e. The van der Waals surface area contributed by atoms with Crippen molar-refractivity contribution in [3.05, 3.63) is 0 Å². The number of carbonyl (C=O) groups excluding carboxylic acids is 3. The summed E-state index contributed by atoms with van der Waals surface area (Å²) in [4.78, 5) is 34.1.